The second kappa shape index (κ2) is 8.46. The van der Waals surface area contributed by atoms with Gasteiger partial charge in [-0.1, -0.05) is 29.8 Å². The number of carbonyl (C=O) groups is 1. The van der Waals surface area contributed by atoms with Crippen LogP contribution in [-0.4, -0.2) is 35.3 Å². The number of para-hydroxylation sites is 1. The van der Waals surface area contributed by atoms with Gasteiger partial charge in [0.25, 0.3) is 5.91 Å². The Morgan fingerprint density at radius 2 is 2.08 bits per heavy atom. The average Bonchev–Trinajstić information content (AvgIpc) is 2.54. The van der Waals surface area contributed by atoms with Gasteiger partial charge in [0.05, 0.1) is 5.56 Å². The van der Waals surface area contributed by atoms with Crippen molar-refractivity contribution in [1.29, 1.82) is 0 Å². The molecule has 24 heavy (non-hydrogen) atoms. The number of amides is 1. The van der Waals surface area contributed by atoms with Crippen LogP contribution >= 0.6 is 27.5 Å². The molecular formula is C17H18BrClN2O3. The highest BCUT2D eigenvalue weighted by molar-refractivity contribution is 9.10. The first-order valence-corrected chi connectivity index (χ1v) is 8.52. The van der Waals surface area contributed by atoms with E-state index in [9.17, 15) is 9.90 Å². The number of aliphatic hydroxyl groups excluding tert-OH is 1. The number of nitrogens with zero attached hydrogens (tertiary/aromatic N) is 1. The zero-order valence-electron chi connectivity index (χ0n) is 13.3. The van der Waals surface area contributed by atoms with Crippen molar-refractivity contribution in [3.05, 3.63) is 56.8 Å². The number of benzene rings is 1. The fourth-order valence-corrected chi connectivity index (χ4v) is 2.67. The zero-order valence-corrected chi connectivity index (χ0v) is 15.7. The van der Waals surface area contributed by atoms with Crippen LogP contribution in [0.3, 0.4) is 0 Å². The Morgan fingerprint density at radius 1 is 1.42 bits per heavy atom. The molecule has 7 heteroatoms. The van der Waals surface area contributed by atoms with Crippen LogP contribution in [0.15, 0.2) is 34.9 Å². The lowest BCUT2D eigenvalue weighted by molar-refractivity contribution is 0.0841. The average molecular weight is 414 g/mol. The third-order valence-electron chi connectivity index (χ3n) is 3.38. The van der Waals surface area contributed by atoms with Gasteiger partial charge in [-0.05, 0) is 47.0 Å². The first-order chi connectivity index (χ1) is 11.4. The Balaban J connectivity index is 1.88. The molecule has 2 aromatic rings. The Bertz CT molecular complexity index is 720. The predicted molar refractivity (Wildman–Crippen MR) is 96.7 cm³/mol. The van der Waals surface area contributed by atoms with Crippen molar-refractivity contribution in [2.75, 3.05) is 13.2 Å². The molecule has 5 nitrogen and oxygen atoms in total. The van der Waals surface area contributed by atoms with Gasteiger partial charge in [0.1, 0.15) is 23.6 Å². The molecule has 0 saturated carbocycles. The standard InChI is InChI=1S/C17H18BrClN2O3/c1-10-4-3-5-11(2)15(10)24-9-13(22)8-21-17(23)14-6-12(18)7-20-16(14)19/h3-7,13,22H,8-9H2,1-2H3,(H,21,23). The van der Waals surface area contributed by atoms with Gasteiger partial charge >= 0.3 is 0 Å². The Kier molecular flexibility index (Phi) is 6.60. The number of nitrogens with one attached hydrogen (secondary N) is 1. The highest BCUT2D eigenvalue weighted by atomic mass is 79.9. The molecule has 0 aliphatic carbocycles. The van der Waals surface area contributed by atoms with Crippen LogP contribution in [0.5, 0.6) is 5.75 Å². The Hall–Kier alpha value is -1.63. The van der Waals surface area contributed by atoms with Crippen molar-refractivity contribution >= 4 is 33.4 Å². The molecule has 1 aromatic heterocycles. The van der Waals surface area contributed by atoms with Gasteiger partial charge in [-0.15, -0.1) is 0 Å². The monoisotopic (exact) mass is 412 g/mol. The van der Waals surface area contributed by atoms with E-state index in [0.29, 0.717) is 4.47 Å². The first-order valence-electron chi connectivity index (χ1n) is 7.34. The summed E-state index contributed by atoms with van der Waals surface area (Å²) < 4.78 is 6.31. The molecule has 2 N–H and O–H groups in total. The first kappa shape index (κ1) is 18.7. The quantitative estimate of drug-likeness (QED) is 0.713. The van der Waals surface area contributed by atoms with Crippen LogP contribution in [-0.2, 0) is 0 Å². The topological polar surface area (TPSA) is 71.5 Å². The number of hydrogen-bond donors (Lipinski definition) is 2. The zero-order chi connectivity index (χ0) is 17.7. The number of halogens is 2. The van der Waals surface area contributed by atoms with Gasteiger partial charge in [-0.25, -0.2) is 4.98 Å². The minimum Gasteiger partial charge on any atom is -0.490 e. The molecule has 1 aromatic carbocycles. The third kappa shape index (κ3) is 4.93. The Morgan fingerprint density at radius 3 is 2.75 bits per heavy atom. The van der Waals surface area contributed by atoms with Crippen LogP contribution < -0.4 is 10.1 Å². The summed E-state index contributed by atoms with van der Waals surface area (Å²) in [4.78, 5) is 16.0. The molecule has 0 bridgehead atoms. The van der Waals surface area contributed by atoms with Crippen LogP contribution in [0.1, 0.15) is 21.5 Å². The summed E-state index contributed by atoms with van der Waals surface area (Å²) in [5.41, 5.74) is 2.24. The van der Waals surface area contributed by atoms with Gasteiger partial charge in [0.15, 0.2) is 0 Å². The third-order valence-corrected chi connectivity index (χ3v) is 4.11. The van der Waals surface area contributed by atoms with Crippen LogP contribution in [0.25, 0.3) is 0 Å². The van der Waals surface area contributed by atoms with Crippen LogP contribution in [0.2, 0.25) is 5.15 Å². The number of aliphatic hydroxyl groups is 1. The highest BCUT2D eigenvalue weighted by Crippen LogP contribution is 2.22. The second-order valence-corrected chi connectivity index (χ2v) is 6.66. The maximum Gasteiger partial charge on any atom is 0.254 e. The molecule has 0 spiro atoms. The summed E-state index contributed by atoms with van der Waals surface area (Å²) in [6, 6.07) is 7.41. The number of carbonyl (C=O) groups excluding carboxylic acids is 1. The van der Waals surface area contributed by atoms with E-state index >= 15 is 0 Å². The number of aromatic nitrogens is 1. The van der Waals surface area contributed by atoms with Gasteiger partial charge in [-0.2, -0.15) is 0 Å². The van der Waals surface area contributed by atoms with E-state index in [2.05, 4.69) is 26.2 Å². The van der Waals surface area contributed by atoms with E-state index in [0.717, 1.165) is 16.9 Å². The number of ether oxygens (including phenoxy) is 1. The summed E-state index contributed by atoms with van der Waals surface area (Å²) in [6.45, 7) is 4.01. The number of hydrogen-bond acceptors (Lipinski definition) is 4. The lowest BCUT2D eigenvalue weighted by Crippen LogP contribution is -2.35. The lowest BCUT2D eigenvalue weighted by atomic mass is 10.1. The van der Waals surface area contributed by atoms with Gasteiger partial charge in [0.2, 0.25) is 0 Å². The van der Waals surface area contributed by atoms with Crippen molar-refractivity contribution < 1.29 is 14.6 Å². The van der Waals surface area contributed by atoms with Crippen molar-refractivity contribution in [1.82, 2.24) is 10.3 Å². The molecule has 0 fully saturated rings. The van der Waals surface area contributed by atoms with E-state index in [1.165, 1.54) is 6.20 Å². The fourth-order valence-electron chi connectivity index (χ4n) is 2.15. The molecule has 128 valence electrons. The summed E-state index contributed by atoms with van der Waals surface area (Å²) in [6.07, 6.45) is 0.665. The minimum absolute atomic E-state index is 0.0482. The van der Waals surface area contributed by atoms with E-state index in [4.69, 9.17) is 16.3 Å². The molecule has 0 radical (unpaired) electrons. The van der Waals surface area contributed by atoms with Crippen molar-refractivity contribution in [3.8, 4) is 5.75 Å². The number of aryl methyl sites for hydroxylation is 2. The molecule has 1 heterocycles. The molecule has 1 unspecified atom stereocenters. The Labute approximate surface area is 154 Å². The second-order valence-electron chi connectivity index (χ2n) is 5.39. The lowest BCUT2D eigenvalue weighted by Gasteiger charge is -2.16. The van der Waals surface area contributed by atoms with Crippen molar-refractivity contribution in [3.63, 3.8) is 0 Å². The van der Waals surface area contributed by atoms with Gasteiger partial charge in [0, 0.05) is 17.2 Å². The number of pyridine rings is 1. The van der Waals surface area contributed by atoms with E-state index < -0.39 is 12.0 Å². The fraction of sp³-hybridized carbons (Fsp3) is 0.294. The maximum atomic E-state index is 12.1. The summed E-state index contributed by atoms with van der Waals surface area (Å²) >= 11 is 9.14. The van der Waals surface area contributed by atoms with E-state index in [1.807, 2.05) is 32.0 Å². The normalized spacial score (nSPS) is 11.9. The minimum atomic E-state index is -0.841. The molecule has 1 atom stereocenters. The molecule has 0 saturated heterocycles. The van der Waals surface area contributed by atoms with E-state index in [1.54, 1.807) is 6.07 Å². The molecule has 0 aliphatic rings. The van der Waals surface area contributed by atoms with Gasteiger partial charge in [-0.3, -0.25) is 4.79 Å². The van der Waals surface area contributed by atoms with Crippen LogP contribution in [0, 0.1) is 13.8 Å². The van der Waals surface area contributed by atoms with Crippen molar-refractivity contribution in [2.24, 2.45) is 0 Å². The van der Waals surface area contributed by atoms with Gasteiger partial charge < -0.3 is 15.2 Å². The highest BCUT2D eigenvalue weighted by Gasteiger charge is 2.14. The largest absolute Gasteiger partial charge is 0.490 e. The van der Waals surface area contributed by atoms with E-state index in [-0.39, 0.29) is 23.9 Å². The number of rotatable bonds is 6. The summed E-state index contributed by atoms with van der Waals surface area (Å²) in [5.74, 6) is 0.349. The SMILES string of the molecule is Cc1cccc(C)c1OCC(O)CNC(=O)c1cc(Br)cnc1Cl. The summed E-state index contributed by atoms with van der Waals surface area (Å²) in [7, 11) is 0. The predicted octanol–water partition coefficient (Wildman–Crippen LogP) is 3.28. The summed E-state index contributed by atoms with van der Waals surface area (Å²) in [5, 5.41) is 12.7. The molecule has 0 aliphatic heterocycles. The smallest absolute Gasteiger partial charge is 0.254 e. The molecule has 1 amide bonds. The molecule has 2 rings (SSSR count). The van der Waals surface area contributed by atoms with Crippen LogP contribution in [0.4, 0.5) is 0 Å². The maximum absolute atomic E-state index is 12.1. The molecular weight excluding hydrogens is 396 g/mol. The van der Waals surface area contributed by atoms with Crippen molar-refractivity contribution in [2.45, 2.75) is 20.0 Å².